The van der Waals surface area contributed by atoms with Crippen LogP contribution in [0.5, 0.6) is 0 Å². The Morgan fingerprint density at radius 2 is 0.976 bits per heavy atom. The van der Waals surface area contributed by atoms with E-state index in [9.17, 15) is 65.4 Å². The van der Waals surface area contributed by atoms with Gasteiger partial charge in [0.25, 0.3) is 0 Å². The quantitative estimate of drug-likeness (QED) is 0.147. The minimum absolute atomic E-state index is 0.0985. The standard InChI is InChI=1S/C33H62N2O10.C29H56N2O9/c1-13-24-33(10,42)27(38)22(8)34(11)16-18(4)15-32(9,41)28(20(6)25(36)21(7)30(40)44-24)45-31-26(37)23(14-19(5)43-31)35(12)29(39)17(2)3;1-11-21-29(8,37)24(34)19(6)31(10)14-15(2)13-28(7,36)25(17(4)22(32)18(5)26(35)39-21)40-27-23(33)20(30-9)12-16(3)38-27/h17-28,31,36-38,41-42H,13-16H2,1-12H3;15-25,27,30,32-34,36-37H,11-14H2,1-10H3/t18-,19-,20+,21-,22-,23+,24-,25+,26-,27-,28-,31+,32-,33-;15-,16-,17+,18-,19-,20+,21-,22+,23-,24-,25-,27+,28-,29-/m11/s1. The lowest BCUT2D eigenvalue weighted by Crippen LogP contribution is -2.60. The lowest BCUT2D eigenvalue weighted by atomic mass is 9.78. The fourth-order valence-electron chi connectivity index (χ4n) is 13.7. The Morgan fingerprint density at radius 1 is 0.624 bits per heavy atom. The number of nitrogens with one attached hydrogen (secondary N) is 1. The molecule has 0 aromatic rings. The molecule has 0 aromatic carbocycles. The van der Waals surface area contributed by atoms with Gasteiger partial charge < -0.3 is 99.5 Å². The molecule has 0 radical (unpaired) electrons. The molecule has 11 N–H and O–H groups in total. The lowest BCUT2D eigenvalue weighted by Gasteiger charge is -2.47. The number of carbonyl (C=O) groups is 3. The highest BCUT2D eigenvalue weighted by molar-refractivity contribution is 5.78. The number of ether oxygens (including phenoxy) is 6. The van der Waals surface area contributed by atoms with Crippen LogP contribution in [0.25, 0.3) is 0 Å². The summed E-state index contributed by atoms with van der Waals surface area (Å²) >= 11 is 0. The SMILES string of the molecule is CC[C@H]1OC(=O)[C@H](C)[C@@H](O)[C@H](C)[C@@H](O[C@@H]2O[C@H](C)C[C@H](N(C)C(=O)C(C)C)[C@H]2O)[C@](C)(O)C[C@@H](C)CN(C)[C@H](C)[C@@H](O)[C@]1(C)O.CC[C@H]1OC(=O)[C@H](C)[C@@H](O)[C@H](C)[C@@H](O[C@@H]2O[C@H](C)C[C@H](NC)[C@H]2O)[C@](C)(O)C[C@@H](C)CN(C)[C@H](C)[C@@H](O)[C@]1(C)O. The van der Waals surface area contributed by atoms with Gasteiger partial charge in [-0.25, -0.2) is 0 Å². The molecule has 28 atom stereocenters. The summed E-state index contributed by atoms with van der Waals surface area (Å²) in [6, 6.07) is -1.92. The minimum atomic E-state index is -1.78. The Hall–Kier alpha value is -2.27. The van der Waals surface area contributed by atoms with Crippen LogP contribution in [0.1, 0.15) is 163 Å². The summed E-state index contributed by atoms with van der Waals surface area (Å²) in [5.74, 6) is -5.94. The second kappa shape index (κ2) is 31.6. The summed E-state index contributed by atoms with van der Waals surface area (Å²) in [6.07, 6.45) is -12.6. The van der Waals surface area contributed by atoms with Crippen molar-refractivity contribution in [2.24, 2.45) is 41.4 Å². The van der Waals surface area contributed by atoms with Crippen LogP contribution < -0.4 is 5.32 Å². The van der Waals surface area contributed by atoms with Crippen molar-refractivity contribution < 1.29 is 93.9 Å². The lowest BCUT2D eigenvalue weighted by molar-refractivity contribution is -0.299. The van der Waals surface area contributed by atoms with Crippen molar-refractivity contribution in [2.75, 3.05) is 41.3 Å². The number of aliphatic hydroxyl groups is 10. The van der Waals surface area contributed by atoms with Crippen LogP contribution in [0.15, 0.2) is 0 Å². The molecule has 4 rings (SSSR count). The summed E-state index contributed by atoms with van der Waals surface area (Å²) < 4.78 is 36.1. The molecule has 85 heavy (non-hydrogen) atoms. The summed E-state index contributed by atoms with van der Waals surface area (Å²) in [5, 5.41) is 117. The molecule has 0 bridgehead atoms. The van der Waals surface area contributed by atoms with E-state index in [1.54, 1.807) is 83.3 Å². The zero-order valence-corrected chi connectivity index (χ0v) is 55.6. The van der Waals surface area contributed by atoms with E-state index < -0.39 is 150 Å². The molecular weight excluding hydrogens is 1100 g/mol. The second-order valence-corrected chi connectivity index (χ2v) is 27.7. The monoisotopic (exact) mass is 1220 g/mol. The predicted molar refractivity (Wildman–Crippen MR) is 319 cm³/mol. The van der Waals surface area contributed by atoms with Gasteiger partial charge in [-0.3, -0.25) is 14.4 Å². The van der Waals surface area contributed by atoms with Crippen molar-refractivity contribution in [2.45, 2.75) is 296 Å². The zero-order chi connectivity index (χ0) is 65.5. The molecule has 0 aliphatic carbocycles. The number of nitrogens with zero attached hydrogens (tertiary/aromatic N) is 3. The number of rotatable bonds is 9. The maximum absolute atomic E-state index is 13.4. The molecule has 4 aliphatic rings. The van der Waals surface area contributed by atoms with E-state index in [0.29, 0.717) is 25.9 Å². The van der Waals surface area contributed by atoms with E-state index in [2.05, 4.69) is 5.32 Å². The third-order valence-corrected chi connectivity index (χ3v) is 19.3. The van der Waals surface area contributed by atoms with Gasteiger partial charge in [0.05, 0.1) is 65.7 Å². The second-order valence-electron chi connectivity index (χ2n) is 27.7. The molecule has 0 spiro atoms. The molecule has 4 saturated heterocycles. The van der Waals surface area contributed by atoms with Gasteiger partial charge in [0.1, 0.15) is 47.8 Å². The Balaban J connectivity index is 0.000000448. The average Bonchev–Trinajstić information content (AvgIpc) is 3.69. The number of cyclic esters (lactones) is 2. The first-order valence-corrected chi connectivity index (χ1v) is 31.3. The molecular formula is C62H118N4O19. The maximum Gasteiger partial charge on any atom is 0.311 e. The van der Waals surface area contributed by atoms with Gasteiger partial charge in [0, 0.05) is 56.0 Å². The van der Waals surface area contributed by atoms with Crippen LogP contribution in [0, 0.1) is 41.4 Å². The van der Waals surface area contributed by atoms with E-state index in [1.165, 1.54) is 32.6 Å². The van der Waals surface area contributed by atoms with Crippen LogP contribution in [-0.2, 0) is 42.8 Å². The highest BCUT2D eigenvalue weighted by Crippen LogP contribution is 2.39. The minimum Gasteiger partial charge on any atom is -0.459 e. The number of hydrogen-bond acceptors (Lipinski definition) is 22. The van der Waals surface area contributed by atoms with Crippen LogP contribution in [-0.4, -0.2) is 257 Å². The number of esters is 2. The summed E-state index contributed by atoms with van der Waals surface area (Å²) in [5.41, 5.74) is -6.60. The Bertz CT molecular complexity index is 2070. The molecule has 4 fully saturated rings. The summed E-state index contributed by atoms with van der Waals surface area (Å²) in [6.45, 7) is 31.6. The highest BCUT2D eigenvalue weighted by Gasteiger charge is 2.53. The topological polar surface area (TPSA) is 331 Å². The molecule has 0 aromatic heterocycles. The molecule has 4 heterocycles. The van der Waals surface area contributed by atoms with Gasteiger partial charge in [-0.1, -0.05) is 55.4 Å². The fraction of sp³-hybridized carbons (Fsp3) is 0.952. The first kappa shape index (κ1) is 77.0. The van der Waals surface area contributed by atoms with Gasteiger partial charge in [0.2, 0.25) is 5.91 Å². The highest BCUT2D eigenvalue weighted by atomic mass is 16.7. The largest absolute Gasteiger partial charge is 0.459 e. The zero-order valence-electron chi connectivity index (χ0n) is 55.6. The molecule has 500 valence electrons. The smallest absolute Gasteiger partial charge is 0.311 e. The van der Waals surface area contributed by atoms with E-state index in [0.717, 1.165) is 0 Å². The normalized spacial score (nSPS) is 46.9. The number of hydrogen-bond donors (Lipinski definition) is 11. The number of aliphatic hydroxyl groups excluding tert-OH is 6. The van der Waals surface area contributed by atoms with Gasteiger partial charge in [0.15, 0.2) is 12.6 Å². The van der Waals surface area contributed by atoms with Crippen molar-refractivity contribution >= 4 is 17.8 Å². The van der Waals surface area contributed by atoms with Gasteiger partial charge in [-0.15, -0.1) is 0 Å². The average molecular weight is 1220 g/mol. The van der Waals surface area contributed by atoms with E-state index in [1.807, 2.05) is 51.6 Å². The van der Waals surface area contributed by atoms with Crippen molar-refractivity contribution in [3.63, 3.8) is 0 Å². The Labute approximate surface area is 508 Å². The van der Waals surface area contributed by atoms with Crippen molar-refractivity contribution in [1.82, 2.24) is 20.0 Å². The predicted octanol–water partition coefficient (Wildman–Crippen LogP) is 2.16. The fourth-order valence-corrected chi connectivity index (χ4v) is 13.7. The van der Waals surface area contributed by atoms with Gasteiger partial charge >= 0.3 is 11.9 Å². The third kappa shape index (κ3) is 18.9. The first-order chi connectivity index (χ1) is 39.0. The Morgan fingerprint density at radius 3 is 1.32 bits per heavy atom. The third-order valence-electron chi connectivity index (χ3n) is 19.3. The van der Waals surface area contributed by atoms with Crippen molar-refractivity contribution in [1.29, 1.82) is 0 Å². The first-order valence-electron chi connectivity index (χ1n) is 31.3. The van der Waals surface area contributed by atoms with Gasteiger partial charge in [-0.2, -0.15) is 0 Å². The van der Waals surface area contributed by atoms with Crippen molar-refractivity contribution in [3.05, 3.63) is 0 Å². The Kier molecular flexibility index (Phi) is 28.7. The van der Waals surface area contributed by atoms with Crippen LogP contribution in [0.4, 0.5) is 0 Å². The number of likely N-dealkylation sites (N-methyl/N-ethyl adjacent to an activating group) is 4. The summed E-state index contributed by atoms with van der Waals surface area (Å²) in [4.78, 5) is 44.7. The number of carbonyl (C=O) groups excluding carboxylic acids is 3. The van der Waals surface area contributed by atoms with Gasteiger partial charge in [-0.05, 0) is 141 Å². The summed E-state index contributed by atoms with van der Waals surface area (Å²) in [7, 11) is 7.03. The molecule has 23 heteroatoms. The van der Waals surface area contributed by atoms with Crippen LogP contribution >= 0.6 is 0 Å². The van der Waals surface area contributed by atoms with E-state index >= 15 is 0 Å². The van der Waals surface area contributed by atoms with Crippen LogP contribution in [0.3, 0.4) is 0 Å². The van der Waals surface area contributed by atoms with Crippen LogP contribution in [0.2, 0.25) is 0 Å². The molecule has 23 nitrogen and oxygen atoms in total. The number of amides is 1. The molecule has 4 aliphatic heterocycles. The van der Waals surface area contributed by atoms with E-state index in [-0.39, 0.29) is 67.6 Å². The molecule has 0 saturated carbocycles. The molecule has 1 amide bonds. The molecule has 0 unspecified atom stereocenters. The van der Waals surface area contributed by atoms with E-state index in [4.69, 9.17) is 28.4 Å². The van der Waals surface area contributed by atoms with Crippen molar-refractivity contribution in [3.8, 4) is 0 Å². The maximum atomic E-state index is 13.4.